The Morgan fingerprint density at radius 2 is 2.00 bits per heavy atom. The summed E-state index contributed by atoms with van der Waals surface area (Å²) in [6.45, 7) is 4.05. The molecule has 2 rings (SSSR count). The van der Waals surface area contributed by atoms with E-state index in [9.17, 15) is 8.78 Å². The third-order valence-electron chi connectivity index (χ3n) is 2.69. The van der Waals surface area contributed by atoms with Gasteiger partial charge in [0.15, 0.2) is 11.6 Å². The van der Waals surface area contributed by atoms with Gasteiger partial charge in [-0.1, -0.05) is 5.16 Å². The van der Waals surface area contributed by atoms with Crippen molar-refractivity contribution >= 4 is 0 Å². The van der Waals surface area contributed by atoms with Crippen molar-refractivity contribution in [2.45, 2.75) is 19.3 Å². The van der Waals surface area contributed by atoms with Crippen LogP contribution in [0.2, 0.25) is 0 Å². The van der Waals surface area contributed by atoms with Crippen molar-refractivity contribution in [3.05, 3.63) is 35.7 Å². The lowest BCUT2D eigenvalue weighted by molar-refractivity contribution is 0.311. The standard InChI is InChI=1S/C12H13F2N3O/c1-12(2,6-15)11-16-10(17-18-11)7-3-4-8(13)9(14)5-7/h3-5H,6,15H2,1-2H3. The summed E-state index contributed by atoms with van der Waals surface area (Å²) in [7, 11) is 0. The highest BCUT2D eigenvalue weighted by Crippen LogP contribution is 2.24. The minimum atomic E-state index is -0.947. The summed E-state index contributed by atoms with van der Waals surface area (Å²) in [5, 5.41) is 3.74. The van der Waals surface area contributed by atoms with Crippen LogP contribution >= 0.6 is 0 Å². The molecule has 0 fully saturated rings. The summed E-state index contributed by atoms with van der Waals surface area (Å²) in [5.41, 5.74) is 5.50. The van der Waals surface area contributed by atoms with Crippen LogP contribution < -0.4 is 5.73 Å². The van der Waals surface area contributed by atoms with E-state index < -0.39 is 17.0 Å². The van der Waals surface area contributed by atoms with Gasteiger partial charge in [-0.25, -0.2) is 8.78 Å². The van der Waals surface area contributed by atoms with Gasteiger partial charge in [-0.2, -0.15) is 4.98 Å². The van der Waals surface area contributed by atoms with Crippen molar-refractivity contribution in [3.8, 4) is 11.4 Å². The van der Waals surface area contributed by atoms with Gasteiger partial charge in [0.25, 0.3) is 0 Å². The Balaban J connectivity index is 2.38. The van der Waals surface area contributed by atoms with E-state index in [0.29, 0.717) is 18.0 Å². The average molecular weight is 253 g/mol. The third kappa shape index (κ3) is 2.24. The molecule has 1 aromatic carbocycles. The van der Waals surface area contributed by atoms with Gasteiger partial charge in [0.1, 0.15) is 0 Å². The zero-order chi connectivity index (χ0) is 13.3. The molecule has 0 unspecified atom stereocenters. The normalized spacial score (nSPS) is 11.8. The number of hydrogen-bond donors (Lipinski definition) is 1. The van der Waals surface area contributed by atoms with Crippen molar-refractivity contribution in [1.29, 1.82) is 0 Å². The molecule has 1 heterocycles. The van der Waals surface area contributed by atoms with E-state index in [4.69, 9.17) is 10.3 Å². The molecule has 96 valence electrons. The number of nitrogens with two attached hydrogens (primary N) is 1. The predicted molar refractivity (Wildman–Crippen MR) is 61.7 cm³/mol. The van der Waals surface area contributed by atoms with Gasteiger partial charge in [-0.15, -0.1) is 0 Å². The van der Waals surface area contributed by atoms with E-state index >= 15 is 0 Å². The zero-order valence-electron chi connectivity index (χ0n) is 10.1. The lowest BCUT2D eigenvalue weighted by Crippen LogP contribution is -2.28. The Morgan fingerprint density at radius 3 is 2.61 bits per heavy atom. The fourth-order valence-electron chi connectivity index (χ4n) is 1.34. The molecule has 18 heavy (non-hydrogen) atoms. The van der Waals surface area contributed by atoms with Gasteiger partial charge < -0.3 is 10.3 Å². The molecule has 2 N–H and O–H groups in total. The van der Waals surface area contributed by atoms with E-state index in [2.05, 4.69) is 10.1 Å². The second kappa shape index (κ2) is 4.45. The zero-order valence-corrected chi connectivity index (χ0v) is 10.1. The molecule has 0 saturated carbocycles. The van der Waals surface area contributed by atoms with Crippen LogP contribution in [0.15, 0.2) is 22.7 Å². The summed E-state index contributed by atoms with van der Waals surface area (Å²) in [5.74, 6) is -1.28. The summed E-state index contributed by atoms with van der Waals surface area (Å²) < 4.78 is 31.0. The molecule has 4 nitrogen and oxygen atoms in total. The number of rotatable bonds is 3. The van der Waals surface area contributed by atoms with Crippen LogP contribution in [0.25, 0.3) is 11.4 Å². The van der Waals surface area contributed by atoms with Crippen LogP contribution in [-0.4, -0.2) is 16.7 Å². The first-order valence-electron chi connectivity index (χ1n) is 5.44. The monoisotopic (exact) mass is 253 g/mol. The molecule has 0 atom stereocenters. The molecule has 6 heteroatoms. The van der Waals surface area contributed by atoms with Gasteiger partial charge in [0.05, 0.1) is 5.41 Å². The SMILES string of the molecule is CC(C)(CN)c1nc(-c2ccc(F)c(F)c2)no1. The largest absolute Gasteiger partial charge is 0.338 e. The number of halogens is 2. The summed E-state index contributed by atoms with van der Waals surface area (Å²) >= 11 is 0. The topological polar surface area (TPSA) is 64.9 Å². The van der Waals surface area contributed by atoms with Crippen molar-refractivity contribution < 1.29 is 13.3 Å². The minimum Gasteiger partial charge on any atom is -0.338 e. The quantitative estimate of drug-likeness (QED) is 0.911. The highest BCUT2D eigenvalue weighted by atomic mass is 19.2. The maximum Gasteiger partial charge on any atom is 0.233 e. The molecule has 0 spiro atoms. The number of nitrogens with zero attached hydrogens (tertiary/aromatic N) is 2. The van der Waals surface area contributed by atoms with E-state index in [-0.39, 0.29) is 5.82 Å². The average Bonchev–Trinajstić information content (AvgIpc) is 2.83. The maximum absolute atomic E-state index is 13.1. The Hall–Kier alpha value is -1.82. The highest BCUT2D eigenvalue weighted by molar-refractivity contribution is 5.54. The molecule has 0 aliphatic carbocycles. The smallest absolute Gasteiger partial charge is 0.233 e. The first kappa shape index (κ1) is 12.6. The number of aromatic nitrogens is 2. The van der Waals surface area contributed by atoms with Crippen molar-refractivity contribution in [1.82, 2.24) is 10.1 Å². The van der Waals surface area contributed by atoms with E-state index in [1.54, 1.807) is 0 Å². The predicted octanol–water partition coefficient (Wildman–Crippen LogP) is 2.25. The third-order valence-corrected chi connectivity index (χ3v) is 2.69. The summed E-state index contributed by atoms with van der Waals surface area (Å²) in [6.07, 6.45) is 0. The van der Waals surface area contributed by atoms with Crippen molar-refractivity contribution in [2.24, 2.45) is 5.73 Å². The lowest BCUT2D eigenvalue weighted by atomic mass is 9.94. The van der Waals surface area contributed by atoms with Crippen LogP contribution in [0, 0.1) is 11.6 Å². The second-order valence-corrected chi connectivity index (χ2v) is 4.64. The van der Waals surface area contributed by atoms with Crippen LogP contribution in [0.5, 0.6) is 0 Å². The van der Waals surface area contributed by atoms with Gasteiger partial charge >= 0.3 is 0 Å². The molecule has 0 aliphatic heterocycles. The van der Waals surface area contributed by atoms with E-state index in [1.165, 1.54) is 6.07 Å². The van der Waals surface area contributed by atoms with Crippen molar-refractivity contribution in [2.75, 3.05) is 6.54 Å². The molecular formula is C12H13F2N3O. The molecular weight excluding hydrogens is 240 g/mol. The summed E-state index contributed by atoms with van der Waals surface area (Å²) in [4.78, 5) is 4.15. The van der Waals surface area contributed by atoms with Gasteiger partial charge in [-0.05, 0) is 32.0 Å². The highest BCUT2D eigenvalue weighted by Gasteiger charge is 2.26. The Kier molecular flexibility index (Phi) is 3.13. The molecule has 0 saturated heterocycles. The fraction of sp³-hybridized carbons (Fsp3) is 0.333. The lowest BCUT2D eigenvalue weighted by Gasteiger charge is -2.15. The Morgan fingerprint density at radius 1 is 1.28 bits per heavy atom. The van der Waals surface area contributed by atoms with Gasteiger partial charge in [0, 0.05) is 12.1 Å². The van der Waals surface area contributed by atoms with E-state index in [0.717, 1.165) is 12.1 Å². The molecule has 0 aliphatic rings. The van der Waals surface area contributed by atoms with Crippen LogP contribution in [0.3, 0.4) is 0 Å². The van der Waals surface area contributed by atoms with Crippen LogP contribution in [0.4, 0.5) is 8.78 Å². The Bertz CT molecular complexity index is 566. The first-order chi connectivity index (χ1) is 8.44. The molecule has 1 aromatic heterocycles. The fourth-order valence-corrected chi connectivity index (χ4v) is 1.34. The maximum atomic E-state index is 13.1. The minimum absolute atomic E-state index is 0.213. The Labute approximate surface area is 103 Å². The summed E-state index contributed by atoms with van der Waals surface area (Å²) in [6, 6.07) is 3.44. The van der Waals surface area contributed by atoms with Gasteiger partial charge in [0.2, 0.25) is 11.7 Å². The molecule has 2 aromatic rings. The molecule has 0 bridgehead atoms. The number of benzene rings is 1. The molecule has 0 amide bonds. The van der Waals surface area contributed by atoms with Crippen molar-refractivity contribution in [3.63, 3.8) is 0 Å². The van der Waals surface area contributed by atoms with Crippen LogP contribution in [0.1, 0.15) is 19.7 Å². The van der Waals surface area contributed by atoms with Crippen LogP contribution in [-0.2, 0) is 5.41 Å². The van der Waals surface area contributed by atoms with Gasteiger partial charge in [-0.3, -0.25) is 0 Å². The van der Waals surface area contributed by atoms with E-state index in [1.807, 2.05) is 13.8 Å². The first-order valence-corrected chi connectivity index (χ1v) is 5.44. The second-order valence-electron chi connectivity index (χ2n) is 4.64. The number of hydrogen-bond acceptors (Lipinski definition) is 4. The molecule has 0 radical (unpaired) electrons.